The molecule has 0 fully saturated rings. The van der Waals surface area contributed by atoms with E-state index in [1.54, 1.807) is 0 Å². The third-order valence-corrected chi connectivity index (χ3v) is 1.22. The topological polar surface area (TPSA) is 39.8 Å². The first-order chi connectivity index (χ1) is 4.93. The van der Waals surface area contributed by atoms with E-state index in [9.17, 15) is 13.6 Å². The number of nitrogens with zero attached hydrogens (tertiary/aromatic N) is 3. The van der Waals surface area contributed by atoms with Gasteiger partial charge in [0.05, 0.1) is 0 Å². The molecule has 62 valence electrons. The van der Waals surface area contributed by atoms with Gasteiger partial charge in [-0.15, -0.1) is 4.68 Å². The van der Waals surface area contributed by atoms with Crippen molar-refractivity contribution < 1.29 is 8.78 Å². The Balaban J connectivity index is 3.27. The summed E-state index contributed by atoms with van der Waals surface area (Å²) in [6.45, 7) is 0. The summed E-state index contributed by atoms with van der Waals surface area (Å²) in [6, 6.07) is 0. The van der Waals surface area contributed by atoms with Crippen LogP contribution in [-0.2, 0) is 12.6 Å². The van der Waals surface area contributed by atoms with Gasteiger partial charge in [0, 0.05) is 7.05 Å². The van der Waals surface area contributed by atoms with Crippen molar-refractivity contribution in [3.63, 3.8) is 0 Å². The van der Waals surface area contributed by atoms with Crippen molar-refractivity contribution in [3.05, 3.63) is 16.8 Å². The molecule has 0 aliphatic rings. The molecule has 1 aromatic rings. The van der Waals surface area contributed by atoms with Crippen LogP contribution in [0.4, 0.5) is 8.78 Å². The van der Waals surface area contributed by atoms with Gasteiger partial charge in [0.25, 0.3) is 0 Å². The van der Waals surface area contributed by atoms with Gasteiger partial charge >= 0.3 is 11.2 Å². The molecule has 0 N–H and O–H groups in total. The van der Waals surface area contributed by atoms with E-state index < -0.39 is 11.2 Å². The van der Waals surface area contributed by atoms with Gasteiger partial charge in [0.2, 0.25) is 0 Å². The maximum Gasteiger partial charge on any atom is 0.429 e. The fourth-order valence-electron chi connectivity index (χ4n) is 0.551. The van der Waals surface area contributed by atoms with Crippen LogP contribution < -0.4 is 5.69 Å². The fourth-order valence-corrected chi connectivity index (χ4v) is 0.667. The molecule has 0 aliphatic carbocycles. The first kappa shape index (κ1) is 8.19. The summed E-state index contributed by atoms with van der Waals surface area (Å²) in [5, 5.41) is 3.07. The molecule has 1 heterocycles. The number of hydrogen-bond donors (Lipinski definition) is 0. The van der Waals surface area contributed by atoms with Gasteiger partial charge < -0.3 is 0 Å². The normalized spacial score (nSPS) is 12.0. The van der Waals surface area contributed by atoms with Crippen molar-refractivity contribution >= 4 is 11.6 Å². The van der Waals surface area contributed by atoms with Crippen LogP contribution in [0.2, 0.25) is 0 Å². The summed E-state index contributed by atoms with van der Waals surface area (Å²) < 4.78 is 25.2. The Labute approximate surface area is 65.0 Å². The molecule has 4 nitrogen and oxygen atoms in total. The predicted octanol–water partition coefficient (Wildman–Crippen LogP) is 0.327. The van der Waals surface area contributed by atoms with Crippen molar-refractivity contribution in [2.45, 2.75) is 5.51 Å². The molecule has 0 aromatic carbocycles. The largest absolute Gasteiger partial charge is 0.429 e. The summed E-state index contributed by atoms with van der Waals surface area (Å²) in [4.78, 5) is 10.7. The number of alkyl halides is 3. The number of hydrogen-bond acceptors (Lipinski definition) is 2. The maximum absolute atomic E-state index is 12.2. The number of rotatable bonds is 1. The van der Waals surface area contributed by atoms with E-state index in [1.165, 1.54) is 7.05 Å². The van der Waals surface area contributed by atoms with Crippen LogP contribution in [0.25, 0.3) is 0 Å². The van der Waals surface area contributed by atoms with Crippen molar-refractivity contribution in [1.29, 1.82) is 0 Å². The minimum Gasteiger partial charge on any atom is -0.284 e. The number of halogens is 3. The molecule has 1 rings (SSSR count). The van der Waals surface area contributed by atoms with Crippen molar-refractivity contribution in [2.75, 3.05) is 0 Å². The summed E-state index contributed by atoms with van der Waals surface area (Å²) in [6.07, 6.45) is 0.957. The van der Waals surface area contributed by atoms with E-state index in [2.05, 4.69) is 16.7 Å². The fraction of sp³-hybridized carbons (Fsp3) is 0.500. The van der Waals surface area contributed by atoms with Gasteiger partial charge in [-0.25, -0.2) is 4.79 Å². The lowest BCUT2D eigenvalue weighted by Gasteiger charge is -2.03. The smallest absolute Gasteiger partial charge is 0.284 e. The molecular formula is C4H4ClF2N3O. The maximum atomic E-state index is 12.2. The molecular weight excluding hydrogens is 180 g/mol. The molecule has 0 radical (unpaired) electrons. The van der Waals surface area contributed by atoms with E-state index in [4.69, 9.17) is 0 Å². The quantitative estimate of drug-likeness (QED) is 0.589. The lowest BCUT2D eigenvalue weighted by atomic mass is 11.0. The molecule has 0 unspecified atom stereocenters. The average molecular weight is 184 g/mol. The number of aryl methyl sites for hydroxylation is 1. The zero-order chi connectivity index (χ0) is 8.65. The van der Waals surface area contributed by atoms with Gasteiger partial charge in [0.1, 0.15) is 6.33 Å². The van der Waals surface area contributed by atoms with Crippen molar-refractivity contribution in [2.24, 2.45) is 7.05 Å². The Morgan fingerprint density at radius 2 is 2.27 bits per heavy atom. The summed E-state index contributed by atoms with van der Waals surface area (Å²) in [5.74, 6) is 0. The minimum atomic E-state index is -3.75. The van der Waals surface area contributed by atoms with E-state index in [0.29, 0.717) is 0 Å². The summed E-state index contributed by atoms with van der Waals surface area (Å²) in [5.41, 5.74) is -4.71. The van der Waals surface area contributed by atoms with Gasteiger partial charge in [-0.1, -0.05) is 0 Å². The highest BCUT2D eigenvalue weighted by atomic mass is 35.5. The van der Waals surface area contributed by atoms with Gasteiger partial charge in [-0.3, -0.25) is 4.57 Å². The first-order valence-electron chi connectivity index (χ1n) is 2.61. The molecule has 0 saturated carbocycles. The summed E-state index contributed by atoms with van der Waals surface area (Å²) >= 11 is 4.53. The average Bonchev–Trinajstić information content (AvgIpc) is 2.11. The van der Waals surface area contributed by atoms with Crippen LogP contribution in [0.5, 0.6) is 0 Å². The monoisotopic (exact) mass is 183 g/mol. The number of aromatic nitrogens is 3. The SMILES string of the molecule is Cn1cnn(C(F)(F)Cl)c1=O. The highest BCUT2D eigenvalue weighted by Crippen LogP contribution is 2.21. The Morgan fingerprint density at radius 3 is 2.45 bits per heavy atom. The molecule has 1 aromatic heterocycles. The van der Waals surface area contributed by atoms with E-state index >= 15 is 0 Å². The predicted molar refractivity (Wildman–Crippen MR) is 33.5 cm³/mol. The highest BCUT2D eigenvalue weighted by Gasteiger charge is 2.31. The highest BCUT2D eigenvalue weighted by molar-refractivity contribution is 6.19. The Bertz CT molecular complexity index is 312. The van der Waals surface area contributed by atoms with Crippen molar-refractivity contribution in [3.8, 4) is 0 Å². The Kier molecular flexibility index (Phi) is 1.71. The summed E-state index contributed by atoms with van der Waals surface area (Å²) in [7, 11) is 1.30. The molecule has 0 atom stereocenters. The molecule has 7 heteroatoms. The zero-order valence-electron chi connectivity index (χ0n) is 5.46. The van der Waals surface area contributed by atoms with E-state index in [1.807, 2.05) is 0 Å². The molecule has 0 amide bonds. The first-order valence-corrected chi connectivity index (χ1v) is 2.98. The standard InChI is InChI=1S/C4H4ClF2N3O/c1-9-2-8-10(3(9)11)4(5,6)7/h2H,1H3. The lowest BCUT2D eigenvalue weighted by Crippen LogP contribution is -2.31. The van der Waals surface area contributed by atoms with Gasteiger partial charge in [-0.05, 0) is 11.6 Å². The minimum absolute atomic E-state index is 0.103. The second kappa shape index (κ2) is 2.30. The van der Waals surface area contributed by atoms with Gasteiger partial charge in [-0.2, -0.15) is 13.9 Å². The van der Waals surface area contributed by atoms with Crippen LogP contribution in [0.1, 0.15) is 0 Å². The van der Waals surface area contributed by atoms with E-state index in [-0.39, 0.29) is 4.68 Å². The third-order valence-electron chi connectivity index (χ3n) is 1.06. The zero-order valence-corrected chi connectivity index (χ0v) is 6.22. The Hall–Kier alpha value is -0.910. The van der Waals surface area contributed by atoms with Crippen LogP contribution >= 0.6 is 11.6 Å². The molecule has 0 saturated heterocycles. The van der Waals surface area contributed by atoms with Crippen LogP contribution in [0, 0.1) is 0 Å². The van der Waals surface area contributed by atoms with Crippen LogP contribution in [-0.4, -0.2) is 14.3 Å². The second-order valence-electron chi connectivity index (χ2n) is 1.90. The molecule has 0 bridgehead atoms. The third kappa shape index (κ3) is 1.40. The molecule has 0 aliphatic heterocycles. The molecule has 0 spiro atoms. The van der Waals surface area contributed by atoms with Gasteiger partial charge in [0.15, 0.2) is 0 Å². The van der Waals surface area contributed by atoms with Crippen molar-refractivity contribution in [1.82, 2.24) is 14.3 Å². The lowest BCUT2D eigenvalue weighted by molar-refractivity contribution is -0.00293. The van der Waals surface area contributed by atoms with Crippen LogP contribution in [0.15, 0.2) is 11.1 Å². The Morgan fingerprint density at radius 1 is 1.73 bits per heavy atom. The van der Waals surface area contributed by atoms with Crippen LogP contribution in [0.3, 0.4) is 0 Å². The van der Waals surface area contributed by atoms with E-state index in [0.717, 1.165) is 10.9 Å². The second-order valence-corrected chi connectivity index (χ2v) is 2.36. The molecule has 11 heavy (non-hydrogen) atoms.